The van der Waals surface area contributed by atoms with E-state index in [9.17, 15) is 33.5 Å². The second-order valence-electron chi connectivity index (χ2n) is 11.2. The predicted molar refractivity (Wildman–Crippen MR) is 152 cm³/mol. The number of hydroxylamine groups is 1. The number of hydrogen-bond donors (Lipinski definition) is 2. The van der Waals surface area contributed by atoms with Crippen LogP contribution >= 0.6 is 0 Å². The van der Waals surface area contributed by atoms with E-state index < -0.39 is 58.2 Å². The van der Waals surface area contributed by atoms with Crippen LogP contribution in [0.2, 0.25) is 0 Å². The predicted octanol–water partition coefficient (Wildman–Crippen LogP) is 3.56. The Hall–Kier alpha value is -3.14. The molecule has 0 spiro atoms. The van der Waals surface area contributed by atoms with Gasteiger partial charge in [0.1, 0.15) is 0 Å². The molecule has 0 aromatic heterocycles. The fraction of sp³-hybridized carbons (Fsp3) is 0.552. The molecule has 234 valence electrons. The summed E-state index contributed by atoms with van der Waals surface area (Å²) in [6.45, 7) is -0.0417. The van der Waals surface area contributed by atoms with Crippen LogP contribution in [0.4, 0.5) is 10.5 Å². The Morgan fingerprint density at radius 1 is 1.05 bits per heavy atom. The fourth-order valence-corrected chi connectivity index (χ4v) is 7.50. The molecule has 13 nitrogen and oxygen atoms in total. The van der Waals surface area contributed by atoms with Crippen molar-refractivity contribution in [3.63, 3.8) is 0 Å². The summed E-state index contributed by atoms with van der Waals surface area (Å²) in [5.74, 6) is -0.222. The highest BCUT2D eigenvalue weighted by molar-refractivity contribution is 7.89. The molecule has 1 aliphatic carbocycles. The molecule has 14 heteroatoms. The molecule has 2 N–H and O–H groups in total. The third-order valence-corrected chi connectivity index (χ3v) is 10.1. The Morgan fingerprint density at radius 3 is 2.40 bits per heavy atom. The number of hydrogen-bond acceptors (Lipinski definition) is 9. The summed E-state index contributed by atoms with van der Waals surface area (Å²) < 4.78 is 39.8. The number of fused-ring (bicyclic) bond motifs is 1. The van der Waals surface area contributed by atoms with Crippen molar-refractivity contribution in [2.75, 3.05) is 19.8 Å². The van der Waals surface area contributed by atoms with Crippen LogP contribution in [0.3, 0.4) is 0 Å². The number of nitro groups is 1. The minimum atomic E-state index is -4.41. The van der Waals surface area contributed by atoms with Gasteiger partial charge in [-0.1, -0.05) is 54.1 Å². The lowest BCUT2D eigenvalue weighted by molar-refractivity contribution is -0.384. The van der Waals surface area contributed by atoms with Crippen molar-refractivity contribution in [2.24, 2.45) is 5.92 Å². The van der Waals surface area contributed by atoms with E-state index in [-0.39, 0.29) is 29.5 Å². The summed E-state index contributed by atoms with van der Waals surface area (Å²) in [6.07, 6.45) is 0.942. The number of ether oxygens (including phenoxy) is 2. The van der Waals surface area contributed by atoms with E-state index in [2.05, 4.69) is 0 Å². The SMILES string of the molecule is O=C(O)N([C@H]1CO[C@H]2OCC[C@H]21)[C@@H](Cc1ccccc1)[C@H](O)CN(OC1CCCCC1)S(=O)(=O)c1ccc([N+](=O)[O-])cc1. The Morgan fingerprint density at radius 2 is 1.74 bits per heavy atom. The van der Waals surface area contributed by atoms with Crippen LogP contribution in [0, 0.1) is 16.0 Å². The Balaban J connectivity index is 1.47. The molecule has 1 amide bonds. The number of amides is 1. The average molecular weight is 620 g/mol. The number of carboxylic acid groups (broad SMARTS) is 1. The van der Waals surface area contributed by atoms with Crippen molar-refractivity contribution < 1.29 is 42.7 Å². The van der Waals surface area contributed by atoms with Crippen LogP contribution in [0.5, 0.6) is 0 Å². The number of benzene rings is 2. The van der Waals surface area contributed by atoms with Crippen LogP contribution in [-0.4, -0.2) is 89.4 Å². The minimum Gasteiger partial charge on any atom is -0.465 e. The van der Waals surface area contributed by atoms with Gasteiger partial charge in [-0.05, 0) is 43.4 Å². The van der Waals surface area contributed by atoms with Crippen molar-refractivity contribution >= 4 is 21.8 Å². The van der Waals surface area contributed by atoms with Gasteiger partial charge in [0.15, 0.2) is 6.29 Å². The first kappa shape index (κ1) is 31.3. The fourth-order valence-electron chi connectivity index (χ4n) is 6.20. The second-order valence-corrected chi connectivity index (χ2v) is 13.0. The quantitative estimate of drug-likeness (QED) is 0.265. The normalized spacial score (nSPS) is 24.0. The summed E-state index contributed by atoms with van der Waals surface area (Å²) in [5.41, 5.74) is 0.487. The van der Waals surface area contributed by atoms with Gasteiger partial charge in [-0.2, -0.15) is 0 Å². The standard InChI is InChI=1S/C29H37N3O10S/c33-27(18-30(42-22-9-5-2-6-10-22)43(38,39)23-13-11-21(12-14-23)32(36)37)25(17-20-7-3-1-4-8-20)31(29(34)35)26-19-41-28-24(26)15-16-40-28/h1,3-4,7-8,11-14,22,24-28,33H,2,5-6,9-10,15-19H2,(H,34,35)/t24-,25-,26-,27+,28+/m0/s1. The van der Waals surface area contributed by atoms with E-state index in [1.807, 2.05) is 18.2 Å². The highest BCUT2D eigenvalue weighted by atomic mass is 32.2. The van der Waals surface area contributed by atoms with Gasteiger partial charge < -0.3 is 19.7 Å². The van der Waals surface area contributed by atoms with Gasteiger partial charge in [-0.3, -0.25) is 19.9 Å². The van der Waals surface area contributed by atoms with E-state index in [0.717, 1.165) is 53.6 Å². The topological polar surface area (TPSA) is 169 Å². The number of nitrogens with zero attached hydrogens (tertiary/aromatic N) is 3. The molecule has 0 unspecified atom stereocenters. The van der Waals surface area contributed by atoms with Gasteiger partial charge in [0.25, 0.3) is 15.7 Å². The number of aliphatic hydroxyl groups is 1. The van der Waals surface area contributed by atoms with Gasteiger partial charge >= 0.3 is 6.09 Å². The van der Waals surface area contributed by atoms with Crippen LogP contribution in [0.1, 0.15) is 44.1 Å². The van der Waals surface area contributed by atoms with Gasteiger partial charge in [0, 0.05) is 18.1 Å². The van der Waals surface area contributed by atoms with E-state index in [0.29, 0.717) is 25.9 Å². The van der Waals surface area contributed by atoms with Crippen LogP contribution in [0.15, 0.2) is 59.5 Å². The molecule has 2 saturated heterocycles. The molecule has 3 fully saturated rings. The van der Waals surface area contributed by atoms with Gasteiger partial charge in [-0.15, -0.1) is 0 Å². The Bertz CT molecular complexity index is 1350. The molecule has 5 atom stereocenters. The smallest absolute Gasteiger partial charge is 0.407 e. The number of rotatable bonds is 12. The first-order valence-electron chi connectivity index (χ1n) is 14.6. The number of aliphatic hydroxyl groups excluding tert-OH is 1. The lowest BCUT2D eigenvalue weighted by atomic mass is 9.93. The third kappa shape index (κ3) is 7.16. The van der Waals surface area contributed by atoms with Crippen LogP contribution in [-0.2, 0) is 30.8 Å². The molecule has 3 aliphatic rings. The Labute approximate surface area is 250 Å². The highest BCUT2D eigenvalue weighted by Gasteiger charge is 2.49. The molecule has 43 heavy (non-hydrogen) atoms. The van der Waals surface area contributed by atoms with Crippen molar-refractivity contribution in [2.45, 2.75) is 80.4 Å². The maximum absolute atomic E-state index is 13.9. The molecule has 2 heterocycles. The third-order valence-electron chi connectivity index (χ3n) is 8.44. The molecule has 2 aromatic rings. The van der Waals surface area contributed by atoms with Crippen molar-refractivity contribution in [3.8, 4) is 0 Å². The largest absolute Gasteiger partial charge is 0.465 e. The van der Waals surface area contributed by atoms with E-state index in [1.165, 1.54) is 4.90 Å². The summed E-state index contributed by atoms with van der Waals surface area (Å²) in [6, 6.07) is 11.8. The van der Waals surface area contributed by atoms with Crippen molar-refractivity contribution in [3.05, 3.63) is 70.3 Å². The number of nitro benzene ring substituents is 1. The van der Waals surface area contributed by atoms with E-state index >= 15 is 0 Å². The van der Waals surface area contributed by atoms with E-state index in [4.69, 9.17) is 14.3 Å². The molecule has 0 bridgehead atoms. The van der Waals surface area contributed by atoms with Crippen molar-refractivity contribution in [1.82, 2.24) is 9.37 Å². The maximum atomic E-state index is 13.9. The minimum absolute atomic E-state index is 0.0863. The van der Waals surface area contributed by atoms with Gasteiger partial charge in [-0.25, -0.2) is 13.2 Å². The Kier molecular flexibility index (Phi) is 9.94. The first-order chi connectivity index (χ1) is 20.6. The summed E-state index contributed by atoms with van der Waals surface area (Å²) in [5, 5.41) is 33.4. The summed E-state index contributed by atoms with van der Waals surface area (Å²) >= 11 is 0. The highest BCUT2D eigenvalue weighted by Crippen LogP contribution is 2.36. The zero-order chi connectivity index (χ0) is 30.6. The molecule has 2 aromatic carbocycles. The average Bonchev–Trinajstić information content (AvgIpc) is 3.62. The molecular weight excluding hydrogens is 582 g/mol. The van der Waals surface area contributed by atoms with Gasteiger partial charge in [0.2, 0.25) is 0 Å². The van der Waals surface area contributed by atoms with Crippen molar-refractivity contribution in [1.29, 1.82) is 0 Å². The maximum Gasteiger partial charge on any atom is 0.407 e. The molecule has 2 aliphatic heterocycles. The summed E-state index contributed by atoms with van der Waals surface area (Å²) in [4.78, 5) is 30.3. The lowest BCUT2D eigenvalue weighted by Gasteiger charge is -2.39. The number of carbonyl (C=O) groups is 1. The molecule has 5 rings (SSSR count). The summed E-state index contributed by atoms with van der Waals surface area (Å²) in [7, 11) is -4.41. The van der Waals surface area contributed by atoms with Crippen LogP contribution < -0.4 is 0 Å². The molecular formula is C29H37N3O10S. The monoisotopic (exact) mass is 619 g/mol. The van der Waals surface area contributed by atoms with Crippen LogP contribution in [0.25, 0.3) is 0 Å². The number of non-ortho nitro benzene ring substituents is 1. The first-order valence-corrected chi connectivity index (χ1v) is 16.0. The van der Waals surface area contributed by atoms with E-state index in [1.54, 1.807) is 12.1 Å². The molecule has 1 saturated carbocycles. The second kappa shape index (κ2) is 13.7. The number of sulfonamides is 1. The zero-order valence-electron chi connectivity index (χ0n) is 23.6. The van der Waals surface area contributed by atoms with Gasteiger partial charge in [0.05, 0.1) is 53.9 Å². The lowest BCUT2D eigenvalue weighted by Crippen LogP contribution is -2.57. The molecule has 0 radical (unpaired) electrons. The zero-order valence-corrected chi connectivity index (χ0v) is 24.5.